The first kappa shape index (κ1) is 19.8. The van der Waals surface area contributed by atoms with E-state index < -0.39 is 48.3 Å². The van der Waals surface area contributed by atoms with Gasteiger partial charge in [-0.25, -0.2) is 4.79 Å². The van der Waals surface area contributed by atoms with Gasteiger partial charge in [0.1, 0.15) is 12.1 Å². The quantitative estimate of drug-likeness (QED) is 0.361. The Morgan fingerprint density at radius 2 is 1.59 bits per heavy atom. The normalized spacial score (nSPS) is 16.0. The highest BCUT2D eigenvalue weighted by molar-refractivity contribution is 5.92. The Morgan fingerprint density at radius 1 is 1.05 bits per heavy atom. The minimum Gasteiger partial charge on any atom is -0.481 e. The fourth-order valence-corrected chi connectivity index (χ4v) is 1.63. The molecule has 0 aliphatic carbocycles. The summed E-state index contributed by atoms with van der Waals surface area (Å²) in [5.74, 6) is -4.14. The summed E-state index contributed by atoms with van der Waals surface area (Å²) >= 11 is 0. The third-order valence-corrected chi connectivity index (χ3v) is 3.26. The van der Waals surface area contributed by atoms with Crippen molar-refractivity contribution in [1.82, 2.24) is 10.6 Å². The molecule has 0 rings (SSSR count). The van der Waals surface area contributed by atoms with E-state index in [0.717, 1.165) is 0 Å². The van der Waals surface area contributed by atoms with E-state index >= 15 is 0 Å². The molecule has 0 aromatic rings. The molecule has 22 heavy (non-hydrogen) atoms. The van der Waals surface area contributed by atoms with E-state index in [1.54, 1.807) is 13.8 Å². The molecule has 0 aromatic carbocycles. The fraction of sp³-hybridized carbons (Fsp3) is 0.692. The molecule has 2 amide bonds. The molecule has 0 heterocycles. The number of hydrogen-bond acceptors (Lipinski definition) is 5. The molecule has 0 aliphatic rings. The van der Waals surface area contributed by atoms with Gasteiger partial charge >= 0.3 is 11.9 Å². The number of rotatable bonds is 9. The molecule has 4 unspecified atom stereocenters. The summed E-state index contributed by atoms with van der Waals surface area (Å²) in [6.07, 6.45) is -0.00767. The van der Waals surface area contributed by atoms with Gasteiger partial charge in [0.25, 0.3) is 0 Å². The first-order valence-electron chi connectivity index (χ1n) is 6.91. The molecule has 0 fully saturated rings. The van der Waals surface area contributed by atoms with Crippen molar-refractivity contribution in [2.75, 3.05) is 0 Å². The SMILES string of the molecule is CCC(C)C(NC(=O)C(C)NC(=O)C(N)CC(=O)O)C(=O)O. The smallest absolute Gasteiger partial charge is 0.326 e. The second kappa shape index (κ2) is 8.98. The monoisotopic (exact) mass is 317 g/mol. The van der Waals surface area contributed by atoms with Crippen LogP contribution in [0.4, 0.5) is 0 Å². The zero-order valence-corrected chi connectivity index (χ0v) is 12.8. The van der Waals surface area contributed by atoms with Gasteiger partial charge in [0.05, 0.1) is 12.5 Å². The van der Waals surface area contributed by atoms with Crippen LogP contribution in [0, 0.1) is 5.92 Å². The number of carbonyl (C=O) groups excluding carboxylic acids is 2. The van der Waals surface area contributed by atoms with Crippen LogP contribution in [0.25, 0.3) is 0 Å². The molecular formula is C13H23N3O6. The summed E-state index contributed by atoms with van der Waals surface area (Å²) in [5.41, 5.74) is 5.37. The number of aliphatic carboxylic acids is 2. The second-order valence-corrected chi connectivity index (χ2v) is 5.14. The average molecular weight is 317 g/mol. The van der Waals surface area contributed by atoms with Gasteiger partial charge in [0, 0.05) is 0 Å². The van der Waals surface area contributed by atoms with Crippen molar-refractivity contribution in [2.24, 2.45) is 11.7 Å². The zero-order valence-electron chi connectivity index (χ0n) is 12.8. The Bertz CT molecular complexity index is 439. The van der Waals surface area contributed by atoms with Crippen LogP contribution in [0.5, 0.6) is 0 Å². The molecule has 4 atom stereocenters. The minimum absolute atomic E-state index is 0.279. The predicted molar refractivity (Wildman–Crippen MR) is 76.9 cm³/mol. The summed E-state index contributed by atoms with van der Waals surface area (Å²) in [7, 11) is 0. The number of hydrogen-bond donors (Lipinski definition) is 5. The molecule has 0 radical (unpaired) electrons. The number of carboxylic acids is 2. The van der Waals surface area contributed by atoms with Crippen molar-refractivity contribution in [1.29, 1.82) is 0 Å². The van der Waals surface area contributed by atoms with Gasteiger partial charge < -0.3 is 26.6 Å². The van der Waals surface area contributed by atoms with E-state index in [9.17, 15) is 19.2 Å². The van der Waals surface area contributed by atoms with Gasteiger partial charge in [-0.2, -0.15) is 0 Å². The van der Waals surface area contributed by atoms with Crippen molar-refractivity contribution >= 4 is 23.8 Å². The van der Waals surface area contributed by atoms with E-state index in [2.05, 4.69) is 10.6 Å². The lowest BCUT2D eigenvalue weighted by molar-refractivity contribution is -0.144. The van der Waals surface area contributed by atoms with Crippen molar-refractivity contribution in [3.63, 3.8) is 0 Å². The molecule has 0 aromatic heterocycles. The summed E-state index contributed by atoms with van der Waals surface area (Å²) < 4.78 is 0. The van der Waals surface area contributed by atoms with Crippen molar-refractivity contribution < 1.29 is 29.4 Å². The average Bonchev–Trinajstić information content (AvgIpc) is 2.42. The van der Waals surface area contributed by atoms with E-state index in [4.69, 9.17) is 15.9 Å². The molecule has 0 saturated carbocycles. The van der Waals surface area contributed by atoms with Gasteiger partial charge in [0.2, 0.25) is 11.8 Å². The molecule has 0 bridgehead atoms. The molecule has 0 aliphatic heterocycles. The predicted octanol–water partition coefficient (Wildman–Crippen LogP) is -1.09. The molecule has 126 valence electrons. The topological polar surface area (TPSA) is 159 Å². The van der Waals surface area contributed by atoms with Gasteiger partial charge in [-0.15, -0.1) is 0 Å². The lowest BCUT2D eigenvalue weighted by Gasteiger charge is -2.23. The molecular weight excluding hydrogens is 294 g/mol. The first-order valence-corrected chi connectivity index (χ1v) is 6.91. The lowest BCUT2D eigenvalue weighted by atomic mass is 9.99. The first-order chi connectivity index (χ1) is 10.1. The van der Waals surface area contributed by atoms with Crippen molar-refractivity contribution in [3.8, 4) is 0 Å². The Hall–Kier alpha value is -2.16. The summed E-state index contributed by atoms with van der Waals surface area (Å²) in [6.45, 7) is 4.84. The maximum atomic E-state index is 11.9. The number of nitrogens with one attached hydrogen (secondary N) is 2. The van der Waals surface area contributed by atoms with Crippen molar-refractivity contribution in [2.45, 2.75) is 51.7 Å². The number of carboxylic acid groups (broad SMARTS) is 2. The van der Waals surface area contributed by atoms with Crippen LogP contribution < -0.4 is 16.4 Å². The standard InChI is InChI=1S/C13H23N3O6/c1-4-6(2)10(13(21)22)16-11(19)7(3)15-12(20)8(14)5-9(17)18/h6-8,10H,4-5,14H2,1-3H3,(H,15,20)(H,16,19)(H,17,18)(H,21,22). The van der Waals surface area contributed by atoms with Crippen molar-refractivity contribution in [3.05, 3.63) is 0 Å². The van der Waals surface area contributed by atoms with E-state index in [-0.39, 0.29) is 5.92 Å². The molecule has 0 spiro atoms. The van der Waals surface area contributed by atoms with Gasteiger partial charge in [-0.05, 0) is 12.8 Å². The van der Waals surface area contributed by atoms with Crippen LogP contribution in [-0.2, 0) is 19.2 Å². The Labute approximate surface area is 128 Å². The minimum atomic E-state index is -1.28. The maximum absolute atomic E-state index is 11.9. The summed E-state index contributed by atoms with van der Waals surface area (Å²) in [5, 5.41) is 22.2. The maximum Gasteiger partial charge on any atom is 0.326 e. The molecule has 6 N–H and O–H groups in total. The van der Waals surface area contributed by atoms with E-state index in [0.29, 0.717) is 6.42 Å². The number of carbonyl (C=O) groups is 4. The van der Waals surface area contributed by atoms with E-state index in [1.165, 1.54) is 6.92 Å². The van der Waals surface area contributed by atoms with E-state index in [1.807, 2.05) is 0 Å². The summed E-state index contributed by atoms with van der Waals surface area (Å²) in [4.78, 5) is 45.1. The Balaban J connectivity index is 4.62. The van der Waals surface area contributed by atoms with Crippen LogP contribution in [0.2, 0.25) is 0 Å². The highest BCUT2D eigenvalue weighted by Crippen LogP contribution is 2.08. The third kappa shape index (κ3) is 6.53. The molecule has 9 nitrogen and oxygen atoms in total. The molecule has 0 saturated heterocycles. The molecule has 9 heteroatoms. The Kier molecular flexibility index (Phi) is 8.10. The van der Waals surface area contributed by atoms with Crippen LogP contribution in [-0.4, -0.2) is 52.1 Å². The lowest BCUT2D eigenvalue weighted by Crippen LogP contribution is -2.54. The van der Waals surface area contributed by atoms with Crippen LogP contribution >= 0.6 is 0 Å². The largest absolute Gasteiger partial charge is 0.481 e. The third-order valence-electron chi connectivity index (χ3n) is 3.26. The number of amides is 2. The van der Waals surface area contributed by atoms with Gasteiger partial charge in [0.15, 0.2) is 0 Å². The highest BCUT2D eigenvalue weighted by Gasteiger charge is 2.28. The van der Waals surface area contributed by atoms with Crippen LogP contribution in [0.3, 0.4) is 0 Å². The Morgan fingerprint density at radius 3 is 2.00 bits per heavy atom. The van der Waals surface area contributed by atoms with Gasteiger partial charge in [-0.3, -0.25) is 14.4 Å². The second-order valence-electron chi connectivity index (χ2n) is 5.14. The van der Waals surface area contributed by atoms with Crippen LogP contribution in [0.1, 0.15) is 33.6 Å². The number of nitrogens with two attached hydrogens (primary N) is 1. The summed E-state index contributed by atoms with van der Waals surface area (Å²) in [6, 6.07) is -3.37. The zero-order chi connectivity index (χ0) is 17.4. The van der Waals surface area contributed by atoms with Crippen LogP contribution in [0.15, 0.2) is 0 Å². The highest BCUT2D eigenvalue weighted by atomic mass is 16.4. The van der Waals surface area contributed by atoms with Gasteiger partial charge in [-0.1, -0.05) is 20.3 Å². The fourth-order valence-electron chi connectivity index (χ4n) is 1.63.